The number of aliphatic hydroxyl groups is 1. The summed E-state index contributed by atoms with van der Waals surface area (Å²) in [5, 5.41) is 9.98. The number of hydrogen-bond donors (Lipinski definition) is 1. The molecular formula is C12H22O. The lowest BCUT2D eigenvalue weighted by Crippen LogP contribution is -2.24. The van der Waals surface area contributed by atoms with Crippen LogP contribution >= 0.6 is 0 Å². The van der Waals surface area contributed by atoms with Gasteiger partial charge in [-0.1, -0.05) is 32.2 Å². The van der Waals surface area contributed by atoms with Crippen molar-refractivity contribution in [2.45, 2.75) is 51.5 Å². The van der Waals surface area contributed by atoms with Gasteiger partial charge in [0.2, 0.25) is 0 Å². The van der Waals surface area contributed by atoms with Gasteiger partial charge in [0.15, 0.2) is 0 Å². The van der Waals surface area contributed by atoms with Crippen LogP contribution in [0.5, 0.6) is 0 Å². The Bertz CT molecular complexity index is 164. The van der Waals surface area contributed by atoms with Crippen LogP contribution in [0.25, 0.3) is 0 Å². The lowest BCUT2D eigenvalue weighted by atomic mass is 9.82. The van der Waals surface area contributed by atoms with Crippen LogP contribution in [0.4, 0.5) is 0 Å². The number of hydrogen-bond acceptors (Lipinski definition) is 1. The van der Waals surface area contributed by atoms with Crippen molar-refractivity contribution in [1.29, 1.82) is 0 Å². The predicted octanol–water partition coefficient (Wildman–Crippen LogP) is 3.14. The summed E-state index contributed by atoms with van der Waals surface area (Å²) in [6.45, 7) is 4.05. The molecule has 1 fully saturated rings. The van der Waals surface area contributed by atoms with Crippen LogP contribution in [0.1, 0.15) is 46.8 Å². The summed E-state index contributed by atoms with van der Waals surface area (Å²) in [5.74, 6) is 0.657. The first kappa shape index (κ1) is 9.26. The van der Waals surface area contributed by atoms with Crippen LogP contribution in [0.2, 0.25) is 0 Å². The van der Waals surface area contributed by atoms with Gasteiger partial charge < -0.3 is 5.11 Å². The van der Waals surface area contributed by atoms with E-state index in [1.54, 1.807) is 6.08 Å². The minimum atomic E-state index is -0.205. The van der Waals surface area contributed by atoms with Gasteiger partial charge in [0.1, 0.15) is 0 Å². The standard InChI is InChI=1S/C12H22O/c1-3-10(2)9-12(13)11-7-5-4-6-8-11/h3,10-13H,1,4-9H2,2H3/i2D. The minimum absolute atomic E-state index is 0.173. The van der Waals surface area contributed by atoms with Crippen molar-refractivity contribution in [1.82, 2.24) is 0 Å². The molecule has 1 N–H and O–H groups in total. The molecule has 0 amide bonds. The molecule has 0 radical (unpaired) electrons. The van der Waals surface area contributed by atoms with Crippen LogP contribution in [-0.4, -0.2) is 11.2 Å². The summed E-state index contributed by atoms with van der Waals surface area (Å²) >= 11 is 0. The van der Waals surface area contributed by atoms with Gasteiger partial charge in [-0.15, -0.1) is 6.58 Å². The Balaban J connectivity index is 2.31. The van der Waals surface area contributed by atoms with Crippen LogP contribution in [0.15, 0.2) is 12.7 Å². The smallest absolute Gasteiger partial charge is 0.0573 e. The monoisotopic (exact) mass is 183 g/mol. The summed E-state index contributed by atoms with van der Waals surface area (Å²) in [7, 11) is 0. The Kier molecular flexibility index (Phi) is 3.87. The molecule has 1 heteroatoms. The molecule has 1 aliphatic carbocycles. The van der Waals surface area contributed by atoms with Crippen LogP contribution < -0.4 is 0 Å². The first-order valence-electron chi connectivity index (χ1n) is 6.08. The quantitative estimate of drug-likeness (QED) is 0.664. The maximum atomic E-state index is 9.98. The highest BCUT2D eigenvalue weighted by Gasteiger charge is 2.22. The van der Waals surface area contributed by atoms with E-state index in [4.69, 9.17) is 1.37 Å². The van der Waals surface area contributed by atoms with Crippen molar-refractivity contribution in [3.8, 4) is 0 Å². The average molecular weight is 183 g/mol. The van der Waals surface area contributed by atoms with E-state index in [-0.39, 0.29) is 12.0 Å². The second-order valence-electron chi connectivity index (χ2n) is 4.20. The van der Waals surface area contributed by atoms with Gasteiger partial charge in [-0.3, -0.25) is 0 Å². The molecule has 0 aliphatic heterocycles. The number of rotatable bonds is 4. The van der Waals surface area contributed by atoms with Crippen molar-refractivity contribution in [3.05, 3.63) is 12.7 Å². The third kappa shape index (κ3) is 3.51. The van der Waals surface area contributed by atoms with E-state index >= 15 is 0 Å². The summed E-state index contributed by atoms with van der Waals surface area (Å²) in [5.41, 5.74) is 0. The van der Waals surface area contributed by atoms with Gasteiger partial charge in [-0.05, 0) is 31.1 Å². The Hall–Kier alpha value is -0.300. The molecule has 0 bridgehead atoms. The number of aliphatic hydroxyl groups excluding tert-OH is 1. The molecule has 0 aromatic rings. The first-order chi connectivity index (χ1) is 6.77. The van der Waals surface area contributed by atoms with E-state index in [1.807, 2.05) is 0 Å². The Morgan fingerprint density at radius 2 is 2.23 bits per heavy atom. The zero-order chi connectivity index (χ0) is 10.4. The van der Waals surface area contributed by atoms with Crippen molar-refractivity contribution in [2.24, 2.45) is 11.8 Å². The first-order valence-corrected chi connectivity index (χ1v) is 5.37. The lowest BCUT2D eigenvalue weighted by molar-refractivity contribution is 0.0694. The molecule has 2 atom stereocenters. The fourth-order valence-corrected chi connectivity index (χ4v) is 2.12. The van der Waals surface area contributed by atoms with Crippen molar-refractivity contribution >= 4 is 0 Å². The van der Waals surface area contributed by atoms with E-state index < -0.39 is 0 Å². The Morgan fingerprint density at radius 3 is 2.77 bits per heavy atom. The zero-order valence-electron chi connectivity index (χ0n) is 9.41. The molecule has 1 aliphatic rings. The highest BCUT2D eigenvalue weighted by Crippen LogP contribution is 2.29. The molecule has 2 unspecified atom stereocenters. The fourth-order valence-electron chi connectivity index (χ4n) is 2.12. The van der Waals surface area contributed by atoms with E-state index in [0.717, 1.165) is 6.42 Å². The highest BCUT2D eigenvalue weighted by molar-refractivity contribution is 4.81. The third-order valence-electron chi connectivity index (χ3n) is 3.07. The van der Waals surface area contributed by atoms with Crippen LogP contribution in [-0.2, 0) is 0 Å². The third-order valence-corrected chi connectivity index (χ3v) is 3.07. The topological polar surface area (TPSA) is 20.2 Å². The number of allylic oxidation sites excluding steroid dienone is 1. The Morgan fingerprint density at radius 1 is 1.54 bits per heavy atom. The molecule has 0 aromatic heterocycles. The van der Waals surface area contributed by atoms with Crippen LogP contribution in [0.3, 0.4) is 0 Å². The van der Waals surface area contributed by atoms with E-state index in [1.165, 1.54) is 32.1 Å². The SMILES string of the molecule is [2H]CC(C=C)CC(O)C1CCCCC1. The van der Waals surface area contributed by atoms with Crippen molar-refractivity contribution < 1.29 is 6.48 Å². The fraction of sp³-hybridized carbons (Fsp3) is 0.833. The van der Waals surface area contributed by atoms with Gasteiger partial charge in [0.25, 0.3) is 0 Å². The maximum Gasteiger partial charge on any atom is 0.0573 e. The molecular weight excluding hydrogens is 160 g/mol. The molecule has 0 heterocycles. The molecule has 0 aromatic carbocycles. The second-order valence-corrected chi connectivity index (χ2v) is 4.20. The highest BCUT2D eigenvalue weighted by atomic mass is 16.3. The largest absolute Gasteiger partial charge is 0.393 e. The zero-order valence-corrected chi connectivity index (χ0v) is 8.41. The maximum absolute atomic E-state index is 9.98. The summed E-state index contributed by atoms with van der Waals surface area (Å²) in [4.78, 5) is 0. The van der Waals surface area contributed by atoms with Crippen molar-refractivity contribution in [3.63, 3.8) is 0 Å². The molecule has 0 saturated heterocycles. The van der Waals surface area contributed by atoms with Gasteiger partial charge in [0, 0.05) is 1.37 Å². The molecule has 0 spiro atoms. The van der Waals surface area contributed by atoms with Gasteiger partial charge in [0.05, 0.1) is 6.10 Å². The average Bonchev–Trinajstić information content (AvgIpc) is 2.26. The molecule has 76 valence electrons. The Labute approximate surface area is 83.3 Å². The van der Waals surface area contributed by atoms with Crippen molar-refractivity contribution in [2.75, 3.05) is 0 Å². The molecule has 13 heavy (non-hydrogen) atoms. The molecule has 1 rings (SSSR count). The van der Waals surface area contributed by atoms with Gasteiger partial charge in [-0.2, -0.15) is 0 Å². The van der Waals surface area contributed by atoms with E-state index in [9.17, 15) is 5.11 Å². The summed E-state index contributed by atoms with van der Waals surface area (Å²) in [6.07, 6.45) is 8.53. The molecule has 1 saturated carbocycles. The lowest BCUT2D eigenvalue weighted by Gasteiger charge is -2.27. The summed E-state index contributed by atoms with van der Waals surface area (Å²) in [6, 6.07) is 0. The van der Waals surface area contributed by atoms with Gasteiger partial charge in [-0.25, -0.2) is 0 Å². The van der Waals surface area contributed by atoms with E-state index in [2.05, 4.69) is 6.58 Å². The molecule has 1 nitrogen and oxygen atoms in total. The summed E-state index contributed by atoms with van der Waals surface area (Å²) < 4.78 is 7.28. The predicted molar refractivity (Wildman–Crippen MR) is 56.6 cm³/mol. The normalized spacial score (nSPS) is 24.8. The van der Waals surface area contributed by atoms with Crippen LogP contribution in [0, 0.1) is 11.8 Å². The van der Waals surface area contributed by atoms with E-state index in [0.29, 0.717) is 12.8 Å². The minimum Gasteiger partial charge on any atom is -0.393 e. The van der Waals surface area contributed by atoms with Gasteiger partial charge >= 0.3 is 0 Å². The second kappa shape index (κ2) is 5.43.